The van der Waals surface area contributed by atoms with Crippen molar-refractivity contribution in [3.8, 4) is 5.13 Å². The summed E-state index contributed by atoms with van der Waals surface area (Å²) in [6.07, 6.45) is 4.72. The first-order valence-electron chi connectivity index (χ1n) is 10.9. The van der Waals surface area contributed by atoms with E-state index in [2.05, 4.69) is 49.4 Å². The van der Waals surface area contributed by atoms with Crippen LogP contribution in [-0.4, -0.2) is 34.3 Å². The van der Waals surface area contributed by atoms with Crippen LogP contribution >= 0.6 is 23.6 Å². The molecule has 1 fully saturated rings. The zero-order valence-corrected chi connectivity index (χ0v) is 21.8. The molecule has 3 aromatic heterocycles. The molecular formula is C24H24N6O2S3. The first kappa shape index (κ1) is 23.5. The Morgan fingerprint density at radius 2 is 1.86 bits per heavy atom. The summed E-state index contributed by atoms with van der Waals surface area (Å²) in [6, 6.07) is 14.9. The molecule has 0 radical (unpaired) electrons. The Labute approximate surface area is 213 Å². The Hall–Kier alpha value is -3.28. The molecular weight excluding hydrogens is 501 g/mol. The van der Waals surface area contributed by atoms with Crippen molar-refractivity contribution < 1.29 is 8.42 Å². The van der Waals surface area contributed by atoms with Gasteiger partial charge in [0.05, 0.1) is 24.0 Å². The van der Waals surface area contributed by atoms with E-state index in [0.717, 1.165) is 39.7 Å². The van der Waals surface area contributed by atoms with Crippen LogP contribution in [0.25, 0.3) is 5.13 Å². The fraction of sp³-hybridized carbons (Fsp3) is 0.208. The van der Waals surface area contributed by atoms with Crippen LogP contribution in [0.2, 0.25) is 0 Å². The Kier molecular flexibility index (Phi) is 6.07. The van der Waals surface area contributed by atoms with Crippen LogP contribution in [0.4, 0.5) is 11.4 Å². The Morgan fingerprint density at radius 1 is 1.09 bits per heavy atom. The number of sulfonamides is 1. The highest BCUT2D eigenvalue weighted by atomic mass is 32.2. The molecule has 0 amide bonds. The lowest BCUT2D eigenvalue weighted by Gasteiger charge is -2.28. The van der Waals surface area contributed by atoms with Gasteiger partial charge in [-0.1, -0.05) is 6.07 Å². The van der Waals surface area contributed by atoms with Gasteiger partial charge in [-0.2, -0.15) is 0 Å². The molecule has 2 atom stereocenters. The maximum atomic E-state index is 11.6. The van der Waals surface area contributed by atoms with Gasteiger partial charge in [0.2, 0.25) is 10.0 Å². The first-order valence-corrected chi connectivity index (χ1v) is 14.1. The summed E-state index contributed by atoms with van der Waals surface area (Å²) in [5, 5.41) is 6.93. The molecule has 0 spiro atoms. The van der Waals surface area contributed by atoms with Gasteiger partial charge < -0.3 is 10.2 Å². The molecule has 2 N–H and O–H groups in total. The molecule has 1 aliphatic rings. The topological polar surface area (TPSA) is 92.2 Å². The van der Waals surface area contributed by atoms with E-state index in [9.17, 15) is 8.42 Å². The van der Waals surface area contributed by atoms with Crippen molar-refractivity contribution >= 4 is 50.1 Å². The lowest BCUT2D eigenvalue weighted by molar-refractivity contribution is 0.565. The van der Waals surface area contributed by atoms with Crippen molar-refractivity contribution in [2.24, 2.45) is 0 Å². The average molecular weight is 525 g/mol. The van der Waals surface area contributed by atoms with Gasteiger partial charge in [-0.15, -0.1) is 11.3 Å². The van der Waals surface area contributed by atoms with E-state index in [1.54, 1.807) is 35.9 Å². The highest BCUT2D eigenvalue weighted by molar-refractivity contribution is 7.92. The van der Waals surface area contributed by atoms with E-state index in [1.165, 1.54) is 0 Å². The van der Waals surface area contributed by atoms with Gasteiger partial charge in [0.1, 0.15) is 0 Å². The smallest absolute Gasteiger partial charge is 0.229 e. The van der Waals surface area contributed by atoms with E-state index in [0.29, 0.717) is 10.8 Å². The monoisotopic (exact) mass is 524 g/mol. The van der Waals surface area contributed by atoms with Crippen molar-refractivity contribution in [3.05, 3.63) is 88.9 Å². The molecule has 0 saturated carbocycles. The number of nitrogens with zero attached hydrogens (tertiary/aromatic N) is 4. The van der Waals surface area contributed by atoms with Crippen molar-refractivity contribution in [2.75, 3.05) is 15.9 Å². The quantitative estimate of drug-likeness (QED) is 0.359. The fourth-order valence-corrected chi connectivity index (χ4v) is 6.22. The number of aromatic nitrogens is 3. The number of anilines is 2. The number of hydrogen-bond donors (Lipinski definition) is 2. The third-order valence-electron chi connectivity index (χ3n) is 5.95. The van der Waals surface area contributed by atoms with Crippen molar-refractivity contribution in [2.45, 2.75) is 25.9 Å². The minimum Gasteiger partial charge on any atom is -0.351 e. The lowest BCUT2D eigenvalue weighted by atomic mass is 9.96. The Bertz CT molecular complexity index is 1470. The van der Waals surface area contributed by atoms with E-state index in [4.69, 9.17) is 12.2 Å². The molecule has 0 bridgehead atoms. The second-order valence-corrected chi connectivity index (χ2v) is 11.4. The van der Waals surface area contributed by atoms with E-state index >= 15 is 0 Å². The van der Waals surface area contributed by atoms with E-state index < -0.39 is 10.0 Å². The number of thiazole rings is 1. The summed E-state index contributed by atoms with van der Waals surface area (Å²) < 4.78 is 27.9. The van der Waals surface area contributed by atoms with Crippen LogP contribution in [0.3, 0.4) is 0 Å². The zero-order chi connectivity index (χ0) is 24.7. The summed E-state index contributed by atoms with van der Waals surface area (Å²) in [5.74, 6) is 0. The molecule has 1 saturated heterocycles. The molecule has 11 heteroatoms. The van der Waals surface area contributed by atoms with Crippen LogP contribution < -0.4 is 14.9 Å². The van der Waals surface area contributed by atoms with Gasteiger partial charge in [-0.05, 0) is 74.1 Å². The van der Waals surface area contributed by atoms with Gasteiger partial charge in [0, 0.05) is 40.5 Å². The molecule has 4 aromatic rings. The number of rotatable bonds is 6. The largest absolute Gasteiger partial charge is 0.351 e. The number of pyridine rings is 1. The minimum atomic E-state index is -3.37. The summed E-state index contributed by atoms with van der Waals surface area (Å²) in [7, 11) is -3.37. The average Bonchev–Trinajstić information content (AvgIpc) is 3.52. The number of aryl methyl sites for hydroxylation is 1. The van der Waals surface area contributed by atoms with Crippen molar-refractivity contribution in [3.63, 3.8) is 0 Å². The van der Waals surface area contributed by atoms with Crippen molar-refractivity contribution in [1.29, 1.82) is 0 Å². The van der Waals surface area contributed by atoms with Crippen LogP contribution in [0.5, 0.6) is 0 Å². The maximum absolute atomic E-state index is 11.6. The SMILES string of the molecule is Cc1cc([C@H]2[C@@H](c3ccccn3)NC(=S)N2c2ccc(NS(C)(=O)=O)cc2)c(C)n1-c1nccs1. The molecule has 0 aliphatic carbocycles. The van der Waals surface area contributed by atoms with Crippen LogP contribution in [-0.2, 0) is 10.0 Å². The van der Waals surface area contributed by atoms with Crippen LogP contribution in [0.15, 0.2) is 66.3 Å². The van der Waals surface area contributed by atoms with Gasteiger partial charge in [-0.3, -0.25) is 14.3 Å². The molecule has 4 heterocycles. The van der Waals surface area contributed by atoms with E-state index in [-0.39, 0.29) is 12.1 Å². The summed E-state index contributed by atoms with van der Waals surface area (Å²) >= 11 is 7.41. The molecule has 1 aromatic carbocycles. The standard InChI is InChI=1S/C24H24N6O2S3/c1-15-14-19(16(2)29(15)24-26-12-13-34-24)22-21(20-6-4-5-11-25-20)27-23(33)30(22)18-9-7-17(8-10-18)28-35(3,31)32/h4-14,21-22,28H,1-3H3,(H,27,33)/t21-,22+/m1/s1. The molecule has 0 unspecified atom stereocenters. The predicted octanol–water partition coefficient (Wildman–Crippen LogP) is 4.49. The number of thiocarbonyl (C=S) groups is 1. The van der Waals surface area contributed by atoms with Gasteiger partial charge >= 0.3 is 0 Å². The highest BCUT2D eigenvalue weighted by Gasteiger charge is 2.42. The number of hydrogen-bond acceptors (Lipinski definition) is 6. The van der Waals surface area contributed by atoms with Crippen molar-refractivity contribution in [1.82, 2.24) is 19.9 Å². The highest BCUT2D eigenvalue weighted by Crippen LogP contribution is 2.44. The van der Waals surface area contributed by atoms with E-state index in [1.807, 2.05) is 35.7 Å². The maximum Gasteiger partial charge on any atom is 0.229 e. The third kappa shape index (κ3) is 4.54. The summed E-state index contributed by atoms with van der Waals surface area (Å²) in [6.45, 7) is 4.17. The Balaban J connectivity index is 1.62. The van der Waals surface area contributed by atoms with Gasteiger partial charge in [0.25, 0.3) is 0 Å². The van der Waals surface area contributed by atoms with Gasteiger partial charge in [-0.25, -0.2) is 13.4 Å². The minimum absolute atomic E-state index is 0.175. The Morgan fingerprint density at radius 3 is 2.49 bits per heavy atom. The molecule has 5 rings (SSSR count). The van der Waals surface area contributed by atoms with Gasteiger partial charge in [0.15, 0.2) is 10.2 Å². The van der Waals surface area contributed by atoms with Crippen LogP contribution in [0.1, 0.15) is 34.7 Å². The summed E-state index contributed by atoms with van der Waals surface area (Å²) in [4.78, 5) is 11.2. The second-order valence-electron chi connectivity index (χ2n) is 8.39. The predicted molar refractivity (Wildman–Crippen MR) is 144 cm³/mol. The molecule has 35 heavy (non-hydrogen) atoms. The lowest BCUT2D eigenvalue weighted by Crippen LogP contribution is -2.29. The summed E-state index contributed by atoms with van der Waals surface area (Å²) in [5.41, 5.74) is 5.50. The molecule has 8 nitrogen and oxygen atoms in total. The normalized spacial score (nSPS) is 18.0. The number of benzene rings is 1. The van der Waals surface area contributed by atoms with Crippen LogP contribution in [0, 0.1) is 13.8 Å². The second kappa shape index (κ2) is 9.06. The third-order valence-corrected chi connectivity index (χ3v) is 7.62. The zero-order valence-electron chi connectivity index (χ0n) is 19.3. The molecule has 1 aliphatic heterocycles. The first-order chi connectivity index (χ1) is 16.7. The fourth-order valence-electron chi connectivity index (χ4n) is 4.56. The molecule has 180 valence electrons. The number of nitrogens with one attached hydrogen (secondary N) is 2.